The van der Waals surface area contributed by atoms with Gasteiger partial charge in [-0.1, -0.05) is 18.6 Å². The molecule has 0 aliphatic heterocycles. The van der Waals surface area contributed by atoms with Gasteiger partial charge < -0.3 is 10.4 Å². The predicted octanol–water partition coefficient (Wildman–Crippen LogP) is 2.29. The van der Waals surface area contributed by atoms with Crippen molar-refractivity contribution in [1.29, 1.82) is 0 Å². The molecule has 6 heteroatoms. The molecule has 23 heavy (non-hydrogen) atoms. The molecule has 1 aliphatic rings. The van der Waals surface area contributed by atoms with Crippen LogP contribution in [0, 0.1) is 11.7 Å². The van der Waals surface area contributed by atoms with E-state index in [0.29, 0.717) is 23.7 Å². The van der Waals surface area contributed by atoms with Crippen LogP contribution in [0.4, 0.5) is 4.39 Å². The zero-order chi connectivity index (χ0) is 16.2. The predicted molar refractivity (Wildman–Crippen MR) is 83.8 cm³/mol. The van der Waals surface area contributed by atoms with Crippen molar-refractivity contribution < 1.29 is 14.3 Å². The summed E-state index contributed by atoms with van der Waals surface area (Å²) in [6.07, 6.45) is 6.28. The van der Waals surface area contributed by atoms with Crippen LogP contribution >= 0.6 is 0 Å². The molecule has 0 saturated heterocycles. The van der Waals surface area contributed by atoms with E-state index in [0.717, 1.165) is 25.7 Å². The summed E-state index contributed by atoms with van der Waals surface area (Å²) >= 11 is 0. The second kappa shape index (κ2) is 6.91. The van der Waals surface area contributed by atoms with Crippen molar-refractivity contribution in [2.24, 2.45) is 5.92 Å². The van der Waals surface area contributed by atoms with E-state index >= 15 is 0 Å². The zero-order valence-electron chi connectivity index (χ0n) is 12.8. The van der Waals surface area contributed by atoms with E-state index in [-0.39, 0.29) is 12.0 Å². The summed E-state index contributed by atoms with van der Waals surface area (Å²) in [5, 5.41) is 16.6. The van der Waals surface area contributed by atoms with Gasteiger partial charge in [-0.05, 0) is 37.3 Å². The number of hydrogen-bond acceptors (Lipinski definition) is 3. The third-order valence-corrected chi connectivity index (χ3v) is 4.25. The van der Waals surface area contributed by atoms with Gasteiger partial charge >= 0.3 is 0 Å². The lowest BCUT2D eigenvalue weighted by atomic mass is 9.87. The van der Waals surface area contributed by atoms with Crippen LogP contribution < -0.4 is 5.32 Å². The first-order valence-electron chi connectivity index (χ1n) is 7.89. The van der Waals surface area contributed by atoms with Crippen molar-refractivity contribution in [1.82, 2.24) is 15.1 Å². The molecule has 2 N–H and O–H groups in total. The lowest BCUT2D eigenvalue weighted by molar-refractivity contribution is 0.0874. The molecule has 0 bridgehead atoms. The Hall–Kier alpha value is -2.21. The number of benzene rings is 1. The highest BCUT2D eigenvalue weighted by Gasteiger charge is 2.21. The number of amides is 1. The molecule has 1 aliphatic carbocycles. The standard InChI is InChI=1S/C17H20FN3O2/c18-15-6-1-2-7-16(15)21-11-13(10-20-21)17(23)19-9-12-4-3-5-14(22)8-12/h1-2,6-7,10-12,14,22H,3-5,8-9H2,(H,19,23). The Bertz CT molecular complexity index is 686. The fourth-order valence-electron chi connectivity index (χ4n) is 3.00. The Morgan fingerprint density at radius 1 is 1.39 bits per heavy atom. The molecule has 2 aromatic rings. The average molecular weight is 317 g/mol. The molecule has 5 nitrogen and oxygen atoms in total. The third-order valence-electron chi connectivity index (χ3n) is 4.25. The van der Waals surface area contributed by atoms with Crippen LogP contribution in [0.2, 0.25) is 0 Å². The minimum Gasteiger partial charge on any atom is -0.393 e. The van der Waals surface area contributed by atoms with E-state index in [4.69, 9.17) is 0 Å². The number of aliphatic hydroxyl groups excluding tert-OH is 1. The first-order chi connectivity index (χ1) is 11.1. The van der Waals surface area contributed by atoms with E-state index in [2.05, 4.69) is 10.4 Å². The van der Waals surface area contributed by atoms with E-state index in [1.165, 1.54) is 23.1 Å². The third kappa shape index (κ3) is 3.76. The van der Waals surface area contributed by atoms with Crippen molar-refractivity contribution in [2.45, 2.75) is 31.8 Å². The lowest BCUT2D eigenvalue weighted by Gasteiger charge is -2.25. The Balaban J connectivity index is 1.61. The number of aliphatic hydroxyl groups is 1. The second-order valence-electron chi connectivity index (χ2n) is 6.02. The smallest absolute Gasteiger partial charge is 0.254 e. The van der Waals surface area contributed by atoms with E-state index in [1.54, 1.807) is 18.2 Å². The van der Waals surface area contributed by atoms with Crippen LogP contribution in [0.3, 0.4) is 0 Å². The highest BCUT2D eigenvalue weighted by atomic mass is 19.1. The van der Waals surface area contributed by atoms with Gasteiger partial charge in [0.2, 0.25) is 0 Å². The summed E-state index contributed by atoms with van der Waals surface area (Å²) in [4.78, 5) is 12.2. The van der Waals surface area contributed by atoms with Gasteiger partial charge in [-0.15, -0.1) is 0 Å². The summed E-state index contributed by atoms with van der Waals surface area (Å²) in [6, 6.07) is 6.28. The Morgan fingerprint density at radius 2 is 2.22 bits per heavy atom. The average Bonchev–Trinajstić information content (AvgIpc) is 3.03. The van der Waals surface area contributed by atoms with Crippen molar-refractivity contribution >= 4 is 5.91 Å². The summed E-state index contributed by atoms with van der Waals surface area (Å²) < 4.78 is 15.1. The van der Waals surface area contributed by atoms with Gasteiger partial charge in [-0.2, -0.15) is 5.10 Å². The van der Waals surface area contributed by atoms with E-state index < -0.39 is 5.82 Å². The van der Waals surface area contributed by atoms with Gasteiger partial charge in [0.25, 0.3) is 5.91 Å². The van der Waals surface area contributed by atoms with Gasteiger partial charge in [0.15, 0.2) is 0 Å². The SMILES string of the molecule is O=C(NCC1CCCC(O)C1)c1cnn(-c2ccccc2F)c1. The molecule has 1 saturated carbocycles. The van der Waals surface area contributed by atoms with Crippen molar-refractivity contribution in [2.75, 3.05) is 6.54 Å². The maximum atomic E-state index is 13.7. The van der Waals surface area contributed by atoms with Crippen LogP contribution in [0.5, 0.6) is 0 Å². The quantitative estimate of drug-likeness (QED) is 0.909. The minimum atomic E-state index is -0.390. The summed E-state index contributed by atoms with van der Waals surface area (Å²) in [5.74, 6) is -0.310. The number of para-hydroxylation sites is 1. The summed E-state index contributed by atoms with van der Waals surface area (Å²) in [6.45, 7) is 0.542. The highest BCUT2D eigenvalue weighted by Crippen LogP contribution is 2.23. The number of nitrogens with one attached hydrogen (secondary N) is 1. The molecule has 1 heterocycles. The van der Waals surface area contributed by atoms with Gasteiger partial charge in [0.1, 0.15) is 11.5 Å². The zero-order valence-corrected chi connectivity index (χ0v) is 12.8. The number of halogens is 1. The second-order valence-corrected chi connectivity index (χ2v) is 6.02. The molecule has 2 unspecified atom stereocenters. The maximum absolute atomic E-state index is 13.7. The van der Waals surface area contributed by atoms with Gasteiger partial charge in [-0.25, -0.2) is 9.07 Å². The number of rotatable bonds is 4. The van der Waals surface area contributed by atoms with Crippen molar-refractivity contribution in [3.05, 3.63) is 48.0 Å². The monoisotopic (exact) mass is 317 g/mol. The summed E-state index contributed by atoms with van der Waals surface area (Å²) in [7, 11) is 0. The van der Waals surface area contributed by atoms with Crippen LogP contribution in [0.15, 0.2) is 36.7 Å². The first-order valence-corrected chi connectivity index (χ1v) is 7.89. The Labute approximate surface area is 134 Å². The molecule has 3 rings (SSSR count). The fraction of sp³-hybridized carbons (Fsp3) is 0.412. The van der Waals surface area contributed by atoms with E-state index in [9.17, 15) is 14.3 Å². The molecule has 1 fully saturated rings. The molecule has 2 atom stereocenters. The van der Waals surface area contributed by atoms with Crippen LogP contribution in [0.25, 0.3) is 5.69 Å². The van der Waals surface area contributed by atoms with Gasteiger partial charge in [0.05, 0.1) is 17.9 Å². The maximum Gasteiger partial charge on any atom is 0.254 e. The van der Waals surface area contributed by atoms with Crippen molar-refractivity contribution in [3.63, 3.8) is 0 Å². The Kier molecular flexibility index (Phi) is 4.71. The number of carbonyl (C=O) groups excluding carboxylic acids is 1. The molecule has 1 aromatic heterocycles. The van der Waals surface area contributed by atoms with Crippen LogP contribution in [-0.4, -0.2) is 33.4 Å². The normalized spacial score (nSPS) is 21.1. The van der Waals surface area contributed by atoms with Gasteiger partial charge in [0, 0.05) is 12.7 Å². The molecule has 0 radical (unpaired) electrons. The number of aromatic nitrogens is 2. The topological polar surface area (TPSA) is 67.2 Å². The first kappa shape index (κ1) is 15.7. The largest absolute Gasteiger partial charge is 0.393 e. The van der Waals surface area contributed by atoms with Gasteiger partial charge in [-0.3, -0.25) is 4.79 Å². The van der Waals surface area contributed by atoms with Crippen molar-refractivity contribution in [3.8, 4) is 5.69 Å². The minimum absolute atomic E-state index is 0.229. The summed E-state index contributed by atoms with van der Waals surface area (Å²) in [5.41, 5.74) is 0.701. The number of hydrogen-bond donors (Lipinski definition) is 2. The van der Waals surface area contributed by atoms with Crippen LogP contribution in [0.1, 0.15) is 36.0 Å². The highest BCUT2D eigenvalue weighted by molar-refractivity contribution is 5.93. The lowest BCUT2D eigenvalue weighted by Crippen LogP contribution is -2.32. The van der Waals surface area contributed by atoms with Crippen LogP contribution in [-0.2, 0) is 0 Å². The number of nitrogens with zero attached hydrogens (tertiary/aromatic N) is 2. The molecular weight excluding hydrogens is 297 g/mol. The number of carbonyl (C=O) groups is 1. The molecule has 122 valence electrons. The molecule has 1 amide bonds. The molecular formula is C17H20FN3O2. The molecule has 0 spiro atoms. The fourth-order valence-corrected chi connectivity index (χ4v) is 3.00. The Morgan fingerprint density at radius 3 is 3.00 bits per heavy atom. The molecule has 1 aromatic carbocycles. The van der Waals surface area contributed by atoms with E-state index in [1.807, 2.05) is 0 Å².